The first-order valence-corrected chi connectivity index (χ1v) is 4.83. The van der Waals surface area contributed by atoms with E-state index in [0.29, 0.717) is 17.0 Å². The van der Waals surface area contributed by atoms with Gasteiger partial charge in [0.25, 0.3) is 0 Å². The molecule has 1 rings (SSSR count). The third kappa shape index (κ3) is 3.03. The van der Waals surface area contributed by atoms with Crippen LogP contribution in [0.4, 0.5) is 5.95 Å². The molecule has 1 atom stereocenters. The first-order valence-electron chi connectivity index (χ1n) is 4.45. The van der Waals surface area contributed by atoms with Crippen molar-refractivity contribution >= 4 is 17.5 Å². The zero-order chi connectivity index (χ0) is 10.7. The molecule has 2 N–H and O–H groups in total. The third-order valence-corrected chi connectivity index (χ3v) is 2.13. The van der Waals surface area contributed by atoms with Gasteiger partial charge in [0.05, 0.1) is 6.10 Å². The number of nitrogen functional groups attached to an aromatic ring is 1. The fourth-order valence-electron chi connectivity index (χ4n) is 0.801. The molecule has 0 aromatic carbocycles. The number of rotatable bonds is 3. The lowest BCUT2D eigenvalue weighted by Gasteiger charge is -2.17. The van der Waals surface area contributed by atoms with Crippen molar-refractivity contribution < 1.29 is 4.74 Å². The van der Waals surface area contributed by atoms with Gasteiger partial charge >= 0.3 is 0 Å². The molecule has 1 unspecified atom stereocenters. The van der Waals surface area contributed by atoms with E-state index in [1.165, 1.54) is 0 Å². The van der Waals surface area contributed by atoms with Crippen LogP contribution in [-0.4, -0.2) is 16.1 Å². The molecule has 0 spiro atoms. The molecule has 0 radical (unpaired) electrons. The molecule has 5 heteroatoms. The highest BCUT2D eigenvalue weighted by atomic mass is 35.5. The number of ether oxygens (including phenoxy) is 1. The van der Waals surface area contributed by atoms with E-state index >= 15 is 0 Å². The molecule has 14 heavy (non-hydrogen) atoms. The highest BCUT2D eigenvalue weighted by Crippen LogP contribution is 2.17. The van der Waals surface area contributed by atoms with E-state index in [2.05, 4.69) is 23.8 Å². The number of halogens is 1. The number of anilines is 1. The summed E-state index contributed by atoms with van der Waals surface area (Å²) in [6.45, 7) is 6.10. The Labute approximate surface area is 88.5 Å². The van der Waals surface area contributed by atoms with Crippen LogP contribution in [0.3, 0.4) is 0 Å². The lowest BCUT2D eigenvalue weighted by Crippen LogP contribution is -2.19. The maximum absolute atomic E-state index is 5.70. The van der Waals surface area contributed by atoms with Crippen LogP contribution in [0.1, 0.15) is 20.8 Å². The predicted octanol–water partition coefficient (Wildman–Crippen LogP) is 2.14. The second-order valence-electron chi connectivity index (χ2n) is 3.45. The van der Waals surface area contributed by atoms with Crippen LogP contribution in [0.25, 0.3) is 0 Å². The summed E-state index contributed by atoms with van der Waals surface area (Å²) in [5.74, 6) is 0.956. The summed E-state index contributed by atoms with van der Waals surface area (Å²) in [6.07, 6.45) is 0.0698. The molecule has 1 aromatic rings. The smallest absolute Gasteiger partial charge is 0.224 e. The van der Waals surface area contributed by atoms with Gasteiger partial charge in [-0.1, -0.05) is 25.4 Å². The van der Waals surface area contributed by atoms with Crippen LogP contribution in [0.5, 0.6) is 5.88 Å². The molecule has 0 aliphatic carbocycles. The topological polar surface area (TPSA) is 61.0 Å². The Kier molecular flexibility index (Phi) is 3.52. The summed E-state index contributed by atoms with van der Waals surface area (Å²) in [6, 6.07) is 1.55. The van der Waals surface area contributed by atoms with Crippen LogP contribution in [-0.2, 0) is 0 Å². The molecule has 78 valence electrons. The number of hydrogen-bond acceptors (Lipinski definition) is 4. The Morgan fingerprint density at radius 3 is 2.50 bits per heavy atom. The van der Waals surface area contributed by atoms with Crippen molar-refractivity contribution in [3.8, 4) is 5.88 Å². The zero-order valence-corrected chi connectivity index (χ0v) is 9.25. The largest absolute Gasteiger partial charge is 0.474 e. The minimum absolute atomic E-state index is 0.0698. The first-order chi connectivity index (χ1) is 6.49. The summed E-state index contributed by atoms with van der Waals surface area (Å²) in [7, 11) is 0. The number of aromatic nitrogens is 2. The lowest BCUT2D eigenvalue weighted by molar-refractivity contribution is 0.163. The van der Waals surface area contributed by atoms with Gasteiger partial charge in [0.15, 0.2) is 0 Å². The Balaban J connectivity index is 2.76. The fourth-order valence-corrected chi connectivity index (χ4v) is 0.981. The van der Waals surface area contributed by atoms with Gasteiger partial charge in [-0.15, -0.1) is 0 Å². The number of nitrogens with two attached hydrogens (primary N) is 1. The van der Waals surface area contributed by atoms with Gasteiger partial charge in [-0.2, -0.15) is 4.98 Å². The second kappa shape index (κ2) is 4.46. The summed E-state index contributed by atoms with van der Waals surface area (Å²) in [5, 5.41) is 0.295. The Hall–Kier alpha value is -1.03. The van der Waals surface area contributed by atoms with Gasteiger partial charge in [0.2, 0.25) is 11.8 Å². The maximum atomic E-state index is 5.70. The van der Waals surface area contributed by atoms with Crippen molar-refractivity contribution in [3.63, 3.8) is 0 Å². The molecule has 1 aromatic heterocycles. The van der Waals surface area contributed by atoms with Crippen LogP contribution in [0.2, 0.25) is 5.15 Å². The van der Waals surface area contributed by atoms with E-state index in [0.717, 1.165) is 0 Å². The second-order valence-corrected chi connectivity index (χ2v) is 3.84. The molecule has 1 heterocycles. The van der Waals surface area contributed by atoms with E-state index in [1.807, 2.05) is 6.92 Å². The molecule has 0 bridgehead atoms. The van der Waals surface area contributed by atoms with Crippen molar-refractivity contribution in [3.05, 3.63) is 11.2 Å². The van der Waals surface area contributed by atoms with Gasteiger partial charge in [-0.25, -0.2) is 4.98 Å². The minimum atomic E-state index is 0.0698. The number of hydrogen-bond donors (Lipinski definition) is 1. The summed E-state index contributed by atoms with van der Waals surface area (Å²) < 4.78 is 5.52. The van der Waals surface area contributed by atoms with E-state index in [-0.39, 0.29) is 12.1 Å². The van der Waals surface area contributed by atoms with E-state index in [4.69, 9.17) is 22.1 Å². The summed E-state index contributed by atoms with van der Waals surface area (Å²) in [5.41, 5.74) is 5.42. The van der Waals surface area contributed by atoms with Gasteiger partial charge in [-0.05, 0) is 12.8 Å². The molecule has 4 nitrogen and oxygen atoms in total. The van der Waals surface area contributed by atoms with Crippen LogP contribution in [0.15, 0.2) is 6.07 Å². The van der Waals surface area contributed by atoms with Gasteiger partial charge < -0.3 is 10.5 Å². The Bertz CT molecular complexity index is 297. The van der Waals surface area contributed by atoms with Crippen LogP contribution >= 0.6 is 11.6 Å². The van der Waals surface area contributed by atoms with Gasteiger partial charge in [0.1, 0.15) is 5.15 Å². The zero-order valence-electron chi connectivity index (χ0n) is 8.49. The van der Waals surface area contributed by atoms with Crippen LogP contribution in [0, 0.1) is 5.92 Å². The highest BCUT2D eigenvalue weighted by Gasteiger charge is 2.10. The van der Waals surface area contributed by atoms with Crippen molar-refractivity contribution in [1.82, 2.24) is 9.97 Å². The Morgan fingerprint density at radius 2 is 2.00 bits per heavy atom. The summed E-state index contributed by atoms with van der Waals surface area (Å²) >= 11 is 5.70. The molecule has 0 fully saturated rings. The maximum Gasteiger partial charge on any atom is 0.224 e. The van der Waals surface area contributed by atoms with E-state index in [9.17, 15) is 0 Å². The summed E-state index contributed by atoms with van der Waals surface area (Å²) in [4.78, 5) is 7.65. The van der Waals surface area contributed by atoms with Crippen molar-refractivity contribution in [2.75, 3.05) is 5.73 Å². The van der Waals surface area contributed by atoms with Crippen LogP contribution < -0.4 is 10.5 Å². The molecule has 0 aliphatic rings. The SMILES string of the molecule is CC(C)C(C)Oc1cc(Cl)nc(N)n1. The quantitative estimate of drug-likeness (QED) is 0.785. The molecular formula is C9H14ClN3O. The standard InChI is InChI=1S/C9H14ClN3O/c1-5(2)6(3)14-8-4-7(10)12-9(11)13-8/h4-6H,1-3H3,(H2,11,12,13). The molecular weight excluding hydrogens is 202 g/mol. The van der Waals surface area contributed by atoms with Crippen molar-refractivity contribution in [2.45, 2.75) is 26.9 Å². The molecule has 0 saturated carbocycles. The monoisotopic (exact) mass is 215 g/mol. The first kappa shape index (κ1) is 11.0. The third-order valence-electron chi connectivity index (χ3n) is 1.93. The fraction of sp³-hybridized carbons (Fsp3) is 0.556. The average Bonchev–Trinajstić information content (AvgIpc) is 2.01. The minimum Gasteiger partial charge on any atom is -0.474 e. The van der Waals surface area contributed by atoms with Crippen molar-refractivity contribution in [1.29, 1.82) is 0 Å². The Morgan fingerprint density at radius 1 is 1.36 bits per heavy atom. The van der Waals surface area contributed by atoms with Gasteiger partial charge in [0, 0.05) is 6.07 Å². The molecule has 0 saturated heterocycles. The highest BCUT2D eigenvalue weighted by molar-refractivity contribution is 6.29. The van der Waals surface area contributed by atoms with Crippen molar-refractivity contribution in [2.24, 2.45) is 5.92 Å². The molecule has 0 aliphatic heterocycles. The van der Waals surface area contributed by atoms with E-state index < -0.39 is 0 Å². The lowest BCUT2D eigenvalue weighted by atomic mass is 10.1. The normalized spacial score (nSPS) is 12.9. The predicted molar refractivity (Wildman–Crippen MR) is 56.4 cm³/mol. The van der Waals surface area contributed by atoms with Gasteiger partial charge in [-0.3, -0.25) is 0 Å². The number of nitrogens with zero attached hydrogens (tertiary/aromatic N) is 2. The average molecular weight is 216 g/mol. The molecule has 0 amide bonds. The van der Waals surface area contributed by atoms with E-state index in [1.54, 1.807) is 6.07 Å².